The molecule has 2 aromatic carbocycles. The Kier molecular flexibility index (Phi) is 5.76. The third-order valence-electron chi connectivity index (χ3n) is 6.12. The van der Waals surface area contributed by atoms with Gasteiger partial charge in [-0.2, -0.15) is 0 Å². The molecule has 7 heteroatoms. The van der Waals surface area contributed by atoms with Crippen molar-refractivity contribution in [2.45, 2.75) is 45.6 Å². The maximum atomic E-state index is 12.6. The number of urea groups is 1. The van der Waals surface area contributed by atoms with Crippen LogP contribution in [-0.2, 0) is 6.42 Å². The highest BCUT2D eigenvalue weighted by molar-refractivity contribution is 5.89. The summed E-state index contributed by atoms with van der Waals surface area (Å²) in [5.41, 5.74) is 3.74. The summed E-state index contributed by atoms with van der Waals surface area (Å²) in [6, 6.07) is 13.3. The van der Waals surface area contributed by atoms with Crippen molar-refractivity contribution in [3.05, 3.63) is 53.6 Å². The van der Waals surface area contributed by atoms with Crippen LogP contribution in [0.15, 0.2) is 42.5 Å². The van der Waals surface area contributed by atoms with Crippen LogP contribution in [0.1, 0.15) is 50.3 Å². The van der Waals surface area contributed by atoms with Gasteiger partial charge in [0.1, 0.15) is 5.75 Å². The zero-order valence-electron chi connectivity index (χ0n) is 18.0. The van der Waals surface area contributed by atoms with Crippen LogP contribution in [0.25, 0.3) is 0 Å². The van der Waals surface area contributed by atoms with Gasteiger partial charge in [0.05, 0.1) is 6.04 Å². The molecule has 31 heavy (non-hydrogen) atoms. The number of carbonyl (C=O) groups is 2. The average molecular weight is 424 g/mol. The molecule has 0 radical (unpaired) electrons. The molecule has 7 nitrogen and oxygen atoms in total. The summed E-state index contributed by atoms with van der Waals surface area (Å²) in [5.74, 6) is 0.324. The average Bonchev–Trinajstić information content (AvgIpc) is 2.73. The van der Waals surface area contributed by atoms with Crippen molar-refractivity contribution in [1.82, 2.24) is 4.90 Å². The Hall–Kier alpha value is -3.22. The van der Waals surface area contributed by atoms with Gasteiger partial charge >= 0.3 is 12.2 Å². The predicted octanol–water partition coefficient (Wildman–Crippen LogP) is 5.50. The van der Waals surface area contributed by atoms with Gasteiger partial charge in [0, 0.05) is 24.5 Å². The van der Waals surface area contributed by atoms with E-state index in [4.69, 9.17) is 9.84 Å². The standard InChI is InChI=1S/C24H29N3O4/c1-24(2)15-17-14-19(31-23(29)30)9-10-20(17)26-21(24)16-7-6-8-18(13-16)25-22(28)27-11-4-3-5-12-27/h6-10,13-14,21,26H,3-5,11-12,15H2,1-2H3,(H,25,28)(H,29,30). The normalized spacial score (nSPS) is 19.7. The second-order valence-electron chi connectivity index (χ2n) is 9.03. The van der Waals surface area contributed by atoms with Gasteiger partial charge in [-0.25, -0.2) is 9.59 Å². The Morgan fingerprint density at radius 3 is 2.65 bits per heavy atom. The van der Waals surface area contributed by atoms with E-state index in [-0.39, 0.29) is 17.5 Å². The molecule has 0 aliphatic carbocycles. The number of nitrogens with one attached hydrogen (secondary N) is 2. The van der Waals surface area contributed by atoms with Crippen LogP contribution in [0, 0.1) is 5.41 Å². The first-order valence-corrected chi connectivity index (χ1v) is 10.8. The number of rotatable bonds is 3. The van der Waals surface area contributed by atoms with Gasteiger partial charge in [0.25, 0.3) is 0 Å². The molecule has 2 aromatic rings. The van der Waals surface area contributed by atoms with Gasteiger partial charge in [-0.3, -0.25) is 0 Å². The van der Waals surface area contributed by atoms with Crippen LogP contribution in [0.3, 0.4) is 0 Å². The van der Waals surface area contributed by atoms with Crippen molar-refractivity contribution < 1.29 is 19.4 Å². The molecule has 1 saturated heterocycles. The first-order valence-electron chi connectivity index (χ1n) is 10.8. The second-order valence-corrected chi connectivity index (χ2v) is 9.03. The van der Waals surface area contributed by atoms with Crippen molar-refractivity contribution in [2.75, 3.05) is 23.7 Å². The molecule has 2 aliphatic rings. The lowest BCUT2D eigenvalue weighted by molar-refractivity contribution is 0.144. The summed E-state index contributed by atoms with van der Waals surface area (Å²) in [5, 5.41) is 15.5. The van der Waals surface area contributed by atoms with E-state index >= 15 is 0 Å². The molecule has 1 unspecified atom stereocenters. The maximum Gasteiger partial charge on any atom is 0.511 e. The van der Waals surface area contributed by atoms with E-state index in [9.17, 15) is 9.59 Å². The largest absolute Gasteiger partial charge is 0.511 e. The summed E-state index contributed by atoms with van der Waals surface area (Å²) in [6.07, 6.45) is 2.76. The SMILES string of the molecule is CC1(C)Cc2cc(OC(=O)O)ccc2NC1c1cccc(NC(=O)N2CCCCC2)c1. The molecule has 0 spiro atoms. The molecule has 0 bridgehead atoms. The van der Waals surface area contributed by atoms with Crippen molar-refractivity contribution >= 4 is 23.6 Å². The molecule has 164 valence electrons. The highest BCUT2D eigenvalue weighted by Gasteiger charge is 2.36. The van der Waals surface area contributed by atoms with E-state index in [0.717, 1.165) is 54.9 Å². The molecular formula is C24H29N3O4. The van der Waals surface area contributed by atoms with Gasteiger partial charge in [0.2, 0.25) is 0 Å². The number of anilines is 2. The molecule has 2 aliphatic heterocycles. The smallest absolute Gasteiger partial charge is 0.449 e. The summed E-state index contributed by atoms with van der Waals surface area (Å²) < 4.78 is 4.81. The Labute approximate surface area is 182 Å². The molecular weight excluding hydrogens is 394 g/mol. The van der Waals surface area contributed by atoms with Crippen molar-refractivity contribution in [3.8, 4) is 5.75 Å². The van der Waals surface area contributed by atoms with Gasteiger partial charge in [-0.05, 0) is 72.6 Å². The maximum absolute atomic E-state index is 12.6. The third-order valence-corrected chi connectivity index (χ3v) is 6.12. The van der Waals surface area contributed by atoms with Gasteiger partial charge in [0.15, 0.2) is 0 Å². The molecule has 1 fully saturated rings. The quantitative estimate of drug-likeness (QED) is 0.448. The predicted molar refractivity (Wildman–Crippen MR) is 120 cm³/mol. The van der Waals surface area contributed by atoms with E-state index in [0.29, 0.717) is 5.75 Å². The van der Waals surface area contributed by atoms with Crippen LogP contribution in [0.2, 0.25) is 0 Å². The number of amides is 2. The van der Waals surface area contributed by atoms with Crippen molar-refractivity contribution in [3.63, 3.8) is 0 Å². The fourth-order valence-electron chi connectivity index (χ4n) is 4.60. The van der Waals surface area contributed by atoms with Gasteiger partial charge < -0.3 is 25.4 Å². The van der Waals surface area contributed by atoms with Crippen molar-refractivity contribution in [2.24, 2.45) is 5.41 Å². The number of benzene rings is 2. The monoisotopic (exact) mass is 423 g/mol. The summed E-state index contributed by atoms with van der Waals surface area (Å²) in [7, 11) is 0. The Bertz CT molecular complexity index is 983. The number of hydrogen-bond acceptors (Lipinski definition) is 4. The zero-order chi connectivity index (χ0) is 22.0. The fraction of sp³-hybridized carbons (Fsp3) is 0.417. The summed E-state index contributed by atoms with van der Waals surface area (Å²) in [6.45, 7) is 5.98. The van der Waals surface area contributed by atoms with E-state index in [1.807, 2.05) is 29.2 Å². The Balaban J connectivity index is 1.53. The molecule has 2 heterocycles. The lowest BCUT2D eigenvalue weighted by Crippen LogP contribution is -2.38. The zero-order valence-corrected chi connectivity index (χ0v) is 18.0. The van der Waals surface area contributed by atoms with E-state index in [1.54, 1.807) is 12.1 Å². The summed E-state index contributed by atoms with van der Waals surface area (Å²) >= 11 is 0. The lowest BCUT2D eigenvalue weighted by Gasteiger charge is -2.41. The highest BCUT2D eigenvalue weighted by atomic mass is 16.7. The molecule has 1 atom stereocenters. The number of piperidine rings is 1. The second kappa shape index (κ2) is 8.49. The molecule has 4 rings (SSSR count). The topological polar surface area (TPSA) is 90.9 Å². The first kappa shape index (κ1) is 21.0. The van der Waals surface area contributed by atoms with E-state index < -0.39 is 6.16 Å². The number of nitrogens with zero attached hydrogens (tertiary/aromatic N) is 1. The Morgan fingerprint density at radius 2 is 1.90 bits per heavy atom. The third kappa shape index (κ3) is 4.76. The van der Waals surface area contributed by atoms with Crippen LogP contribution in [0.4, 0.5) is 21.0 Å². The first-order chi connectivity index (χ1) is 14.8. The molecule has 0 saturated carbocycles. The minimum atomic E-state index is -1.32. The minimum Gasteiger partial charge on any atom is -0.449 e. The fourth-order valence-corrected chi connectivity index (χ4v) is 4.60. The number of likely N-dealkylation sites (tertiary alicyclic amines) is 1. The van der Waals surface area contributed by atoms with Crippen LogP contribution in [-0.4, -0.2) is 35.3 Å². The summed E-state index contributed by atoms with van der Waals surface area (Å²) in [4.78, 5) is 25.3. The molecule has 3 N–H and O–H groups in total. The van der Waals surface area contributed by atoms with E-state index in [2.05, 4.69) is 30.5 Å². The lowest BCUT2D eigenvalue weighted by atomic mass is 9.73. The van der Waals surface area contributed by atoms with E-state index in [1.165, 1.54) is 6.42 Å². The molecule has 2 amide bonds. The van der Waals surface area contributed by atoms with Crippen LogP contribution < -0.4 is 15.4 Å². The minimum absolute atomic E-state index is 0.0379. The van der Waals surface area contributed by atoms with Crippen LogP contribution >= 0.6 is 0 Å². The number of fused-ring (bicyclic) bond motifs is 1. The number of hydrogen-bond donors (Lipinski definition) is 3. The van der Waals surface area contributed by atoms with Gasteiger partial charge in [-0.15, -0.1) is 0 Å². The Morgan fingerprint density at radius 1 is 1.13 bits per heavy atom. The van der Waals surface area contributed by atoms with Crippen molar-refractivity contribution in [1.29, 1.82) is 0 Å². The number of carbonyl (C=O) groups excluding carboxylic acids is 1. The number of carboxylic acid groups (broad SMARTS) is 1. The highest BCUT2D eigenvalue weighted by Crippen LogP contribution is 2.45. The number of ether oxygens (including phenoxy) is 1. The van der Waals surface area contributed by atoms with Crippen LogP contribution in [0.5, 0.6) is 5.75 Å². The van der Waals surface area contributed by atoms with Gasteiger partial charge in [-0.1, -0.05) is 26.0 Å². The molecule has 0 aromatic heterocycles.